The number of rotatable bonds is 3. The van der Waals surface area contributed by atoms with Crippen molar-refractivity contribution >= 4 is 23.3 Å². The van der Waals surface area contributed by atoms with E-state index in [1.807, 2.05) is 19.3 Å². The van der Waals surface area contributed by atoms with Crippen LogP contribution < -0.4 is 5.32 Å². The SMILES string of the molecule is Cc1nc(Cl)cc(NC(=O)c2cccc(-c3cnn(C)c3)n2)n1. The predicted molar refractivity (Wildman–Crippen MR) is 86.2 cm³/mol. The van der Waals surface area contributed by atoms with Crippen LogP contribution in [0.3, 0.4) is 0 Å². The van der Waals surface area contributed by atoms with Crippen LogP contribution in [0.2, 0.25) is 5.15 Å². The Morgan fingerprint density at radius 2 is 2.09 bits per heavy atom. The fourth-order valence-corrected chi connectivity index (χ4v) is 2.28. The number of nitrogens with zero attached hydrogens (tertiary/aromatic N) is 5. The number of nitrogens with one attached hydrogen (secondary N) is 1. The monoisotopic (exact) mass is 328 g/mol. The number of hydrogen-bond acceptors (Lipinski definition) is 5. The van der Waals surface area contributed by atoms with Gasteiger partial charge in [0.2, 0.25) is 0 Å². The van der Waals surface area contributed by atoms with Crippen molar-refractivity contribution in [2.45, 2.75) is 6.92 Å². The van der Waals surface area contributed by atoms with E-state index in [2.05, 4.69) is 25.4 Å². The topological polar surface area (TPSA) is 85.6 Å². The Bertz CT molecular complexity index is 856. The molecule has 0 aliphatic carbocycles. The first-order chi connectivity index (χ1) is 11.0. The minimum absolute atomic E-state index is 0.268. The summed E-state index contributed by atoms with van der Waals surface area (Å²) in [7, 11) is 1.82. The molecule has 3 aromatic rings. The summed E-state index contributed by atoms with van der Waals surface area (Å²) >= 11 is 5.86. The van der Waals surface area contributed by atoms with Crippen LogP contribution in [0.25, 0.3) is 11.3 Å². The third-order valence-electron chi connectivity index (χ3n) is 3.03. The van der Waals surface area contributed by atoms with E-state index in [-0.39, 0.29) is 16.8 Å². The highest BCUT2D eigenvalue weighted by Crippen LogP contribution is 2.17. The van der Waals surface area contributed by atoms with Crippen LogP contribution in [0.1, 0.15) is 16.3 Å². The summed E-state index contributed by atoms with van der Waals surface area (Å²) in [5, 5.41) is 7.03. The van der Waals surface area contributed by atoms with Crippen molar-refractivity contribution in [2.75, 3.05) is 5.32 Å². The summed E-state index contributed by atoms with van der Waals surface area (Å²) in [5.41, 5.74) is 1.78. The first-order valence-electron chi connectivity index (χ1n) is 6.80. The van der Waals surface area contributed by atoms with Gasteiger partial charge in [-0.25, -0.2) is 15.0 Å². The minimum atomic E-state index is -0.370. The number of aryl methyl sites for hydroxylation is 2. The molecule has 0 aliphatic heterocycles. The molecule has 3 aromatic heterocycles. The minimum Gasteiger partial charge on any atom is -0.305 e. The van der Waals surface area contributed by atoms with Gasteiger partial charge in [-0.05, 0) is 19.1 Å². The molecule has 116 valence electrons. The van der Waals surface area contributed by atoms with Crippen LogP contribution in [-0.4, -0.2) is 30.6 Å². The van der Waals surface area contributed by atoms with Crippen molar-refractivity contribution in [1.82, 2.24) is 24.7 Å². The van der Waals surface area contributed by atoms with Crippen LogP contribution >= 0.6 is 11.6 Å². The zero-order chi connectivity index (χ0) is 16.4. The lowest BCUT2D eigenvalue weighted by atomic mass is 10.2. The van der Waals surface area contributed by atoms with E-state index in [1.54, 1.807) is 29.9 Å². The van der Waals surface area contributed by atoms with Gasteiger partial charge in [0.1, 0.15) is 22.5 Å². The van der Waals surface area contributed by atoms with Gasteiger partial charge in [-0.3, -0.25) is 9.48 Å². The highest BCUT2D eigenvalue weighted by Gasteiger charge is 2.11. The van der Waals surface area contributed by atoms with E-state index >= 15 is 0 Å². The second kappa shape index (κ2) is 6.13. The van der Waals surface area contributed by atoms with Gasteiger partial charge >= 0.3 is 0 Å². The molecule has 0 aliphatic rings. The third-order valence-corrected chi connectivity index (χ3v) is 3.22. The van der Waals surface area contributed by atoms with Crippen molar-refractivity contribution in [1.29, 1.82) is 0 Å². The third kappa shape index (κ3) is 3.51. The Labute approximate surface area is 137 Å². The average molecular weight is 329 g/mol. The molecule has 0 aromatic carbocycles. The van der Waals surface area contributed by atoms with Crippen LogP contribution in [0, 0.1) is 6.92 Å². The molecule has 0 spiro atoms. The van der Waals surface area contributed by atoms with Gasteiger partial charge in [0.15, 0.2) is 0 Å². The molecular weight excluding hydrogens is 316 g/mol. The van der Waals surface area contributed by atoms with Gasteiger partial charge in [0.05, 0.1) is 11.9 Å². The van der Waals surface area contributed by atoms with E-state index < -0.39 is 0 Å². The van der Waals surface area contributed by atoms with E-state index in [4.69, 9.17) is 11.6 Å². The molecule has 23 heavy (non-hydrogen) atoms. The molecular formula is C15H13ClN6O. The molecule has 3 heterocycles. The number of aromatic nitrogens is 5. The highest BCUT2D eigenvalue weighted by atomic mass is 35.5. The first-order valence-corrected chi connectivity index (χ1v) is 7.18. The number of pyridine rings is 1. The second-order valence-electron chi connectivity index (χ2n) is 4.89. The molecule has 1 amide bonds. The number of hydrogen-bond donors (Lipinski definition) is 1. The van der Waals surface area contributed by atoms with Crippen molar-refractivity contribution in [3.8, 4) is 11.3 Å². The standard InChI is InChI=1S/C15H13ClN6O/c1-9-18-13(16)6-14(19-9)21-15(23)12-5-3-4-11(20-12)10-7-17-22(2)8-10/h3-8H,1-2H3,(H,18,19,21,23). The lowest BCUT2D eigenvalue weighted by molar-refractivity contribution is 0.102. The zero-order valence-electron chi connectivity index (χ0n) is 12.5. The Morgan fingerprint density at radius 3 is 2.78 bits per heavy atom. The molecule has 0 saturated heterocycles. The smallest absolute Gasteiger partial charge is 0.275 e. The molecule has 1 N–H and O–H groups in total. The number of carbonyl (C=O) groups excluding carboxylic acids is 1. The lowest BCUT2D eigenvalue weighted by Crippen LogP contribution is -2.15. The van der Waals surface area contributed by atoms with E-state index in [0.717, 1.165) is 5.56 Å². The normalized spacial score (nSPS) is 10.6. The number of carbonyl (C=O) groups is 1. The molecule has 0 fully saturated rings. The van der Waals surface area contributed by atoms with E-state index in [0.29, 0.717) is 17.3 Å². The Morgan fingerprint density at radius 1 is 1.26 bits per heavy atom. The Hall–Kier alpha value is -2.80. The van der Waals surface area contributed by atoms with Crippen LogP contribution in [0.4, 0.5) is 5.82 Å². The van der Waals surface area contributed by atoms with Gasteiger partial charge in [0.25, 0.3) is 5.91 Å². The van der Waals surface area contributed by atoms with E-state index in [9.17, 15) is 4.79 Å². The molecule has 7 nitrogen and oxygen atoms in total. The lowest BCUT2D eigenvalue weighted by Gasteiger charge is -2.06. The van der Waals surface area contributed by atoms with Gasteiger partial charge in [-0.1, -0.05) is 17.7 Å². The summed E-state index contributed by atoms with van der Waals surface area (Å²) in [6.07, 6.45) is 3.52. The summed E-state index contributed by atoms with van der Waals surface area (Å²) in [6.45, 7) is 1.70. The fourth-order valence-electron chi connectivity index (χ4n) is 2.05. The molecule has 8 heteroatoms. The zero-order valence-corrected chi connectivity index (χ0v) is 13.2. The summed E-state index contributed by atoms with van der Waals surface area (Å²) in [4.78, 5) is 24.7. The quantitative estimate of drug-likeness (QED) is 0.746. The second-order valence-corrected chi connectivity index (χ2v) is 5.28. The maximum absolute atomic E-state index is 12.3. The van der Waals surface area contributed by atoms with Crippen molar-refractivity contribution in [3.05, 3.63) is 53.3 Å². The maximum atomic E-state index is 12.3. The first kappa shape index (κ1) is 15.1. The predicted octanol–water partition coefficient (Wildman–Crippen LogP) is 2.49. The van der Waals surface area contributed by atoms with E-state index in [1.165, 1.54) is 6.07 Å². The fraction of sp³-hybridized carbons (Fsp3) is 0.133. The van der Waals surface area contributed by atoms with Crippen LogP contribution in [0.5, 0.6) is 0 Å². The summed E-state index contributed by atoms with van der Waals surface area (Å²) in [6, 6.07) is 6.70. The number of anilines is 1. The molecule has 0 radical (unpaired) electrons. The number of halogens is 1. The molecule has 3 rings (SSSR count). The number of amides is 1. The van der Waals surface area contributed by atoms with Crippen molar-refractivity contribution in [3.63, 3.8) is 0 Å². The molecule has 0 saturated carbocycles. The van der Waals surface area contributed by atoms with Crippen molar-refractivity contribution in [2.24, 2.45) is 7.05 Å². The molecule has 0 bridgehead atoms. The van der Waals surface area contributed by atoms with Gasteiger partial charge in [0, 0.05) is 24.9 Å². The van der Waals surface area contributed by atoms with Gasteiger partial charge in [-0.2, -0.15) is 5.10 Å². The van der Waals surface area contributed by atoms with Gasteiger partial charge in [-0.15, -0.1) is 0 Å². The Kier molecular flexibility index (Phi) is 4.03. The Balaban J connectivity index is 1.85. The molecule has 0 unspecified atom stereocenters. The average Bonchev–Trinajstić information content (AvgIpc) is 2.93. The summed E-state index contributed by atoms with van der Waals surface area (Å²) < 4.78 is 1.68. The van der Waals surface area contributed by atoms with Crippen molar-refractivity contribution < 1.29 is 4.79 Å². The van der Waals surface area contributed by atoms with Gasteiger partial charge < -0.3 is 5.32 Å². The molecule has 0 atom stereocenters. The maximum Gasteiger partial charge on any atom is 0.275 e. The van der Waals surface area contributed by atoms with Crippen LogP contribution in [-0.2, 0) is 7.05 Å². The van der Waals surface area contributed by atoms with Crippen LogP contribution in [0.15, 0.2) is 36.7 Å². The summed E-state index contributed by atoms with van der Waals surface area (Å²) in [5.74, 6) is 0.441. The highest BCUT2D eigenvalue weighted by molar-refractivity contribution is 6.29. The largest absolute Gasteiger partial charge is 0.305 e.